The van der Waals surface area contributed by atoms with Crippen LogP contribution in [0.2, 0.25) is 0 Å². The van der Waals surface area contributed by atoms with Gasteiger partial charge in [-0.3, -0.25) is 4.79 Å². The molecule has 17 heavy (non-hydrogen) atoms. The Bertz CT molecular complexity index is 416. The van der Waals surface area contributed by atoms with Gasteiger partial charge in [-0.2, -0.15) is 0 Å². The summed E-state index contributed by atoms with van der Waals surface area (Å²) < 4.78 is 10.4. The smallest absolute Gasteiger partial charge is 0.338 e. The second-order valence-electron chi connectivity index (χ2n) is 4.02. The standard InChI is InChI=1S/C13H14O4/c1-9(14)10-2-4-11(5-3-10)13(15)17-12-6-7-16-8-12/h2-5,12H,6-8H2,1H3. The molecule has 1 aromatic carbocycles. The zero-order valence-corrected chi connectivity index (χ0v) is 9.64. The topological polar surface area (TPSA) is 52.6 Å². The third-order valence-electron chi connectivity index (χ3n) is 2.69. The number of ether oxygens (including phenoxy) is 2. The SMILES string of the molecule is CC(=O)c1ccc(C(=O)OC2CCOC2)cc1. The van der Waals surface area contributed by atoms with Crippen LogP contribution in [-0.2, 0) is 9.47 Å². The Balaban J connectivity index is 2.01. The first-order valence-electron chi connectivity index (χ1n) is 5.56. The lowest BCUT2D eigenvalue weighted by molar-refractivity contribution is 0.0270. The second-order valence-corrected chi connectivity index (χ2v) is 4.02. The minimum absolute atomic E-state index is 0.0193. The van der Waals surface area contributed by atoms with Crippen molar-refractivity contribution in [2.75, 3.05) is 13.2 Å². The molecule has 0 aliphatic carbocycles. The predicted octanol–water partition coefficient (Wildman–Crippen LogP) is 1.83. The van der Waals surface area contributed by atoms with Crippen molar-refractivity contribution in [1.29, 1.82) is 0 Å². The zero-order valence-electron chi connectivity index (χ0n) is 9.64. The molecule has 1 fully saturated rings. The second kappa shape index (κ2) is 5.10. The zero-order chi connectivity index (χ0) is 12.3. The third kappa shape index (κ3) is 2.91. The fourth-order valence-corrected chi connectivity index (χ4v) is 1.67. The number of Topliss-reactive ketones (excluding diaryl/α,β-unsaturated/α-hetero) is 1. The fraction of sp³-hybridized carbons (Fsp3) is 0.385. The molecule has 4 heteroatoms. The van der Waals surface area contributed by atoms with E-state index in [0.717, 1.165) is 6.42 Å². The van der Waals surface area contributed by atoms with Gasteiger partial charge in [0.05, 0.1) is 18.8 Å². The Hall–Kier alpha value is -1.68. The summed E-state index contributed by atoms with van der Waals surface area (Å²) >= 11 is 0. The van der Waals surface area contributed by atoms with Crippen molar-refractivity contribution in [1.82, 2.24) is 0 Å². The van der Waals surface area contributed by atoms with Gasteiger partial charge in [0.2, 0.25) is 0 Å². The Labute approximate surface area is 99.5 Å². The molecule has 1 atom stereocenters. The van der Waals surface area contributed by atoms with E-state index >= 15 is 0 Å². The summed E-state index contributed by atoms with van der Waals surface area (Å²) in [6.07, 6.45) is 0.604. The molecule has 0 saturated carbocycles. The number of hydrogen-bond donors (Lipinski definition) is 0. The first-order chi connectivity index (χ1) is 8.16. The molecule has 1 aromatic rings. The summed E-state index contributed by atoms with van der Waals surface area (Å²) in [5, 5.41) is 0. The first-order valence-corrected chi connectivity index (χ1v) is 5.56. The minimum Gasteiger partial charge on any atom is -0.456 e. The predicted molar refractivity (Wildman–Crippen MR) is 61.1 cm³/mol. The van der Waals surface area contributed by atoms with Gasteiger partial charge in [0, 0.05) is 12.0 Å². The van der Waals surface area contributed by atoms with Crippen molar-refractivity contribution < 1.29 is 19.1 Å². The molecular weight excluding hydrogens is 220 g/mol. The van der Waals surface area contributed by atoms with E-state index in [-0.39, 0.29) is 17.9 Å². The van der Waals surface area contributed by atoms with Crippen LogP contribution in [-0.4, -0.2) is 31.1 Å². The van der Waals surface area contributed by atoms with Crippen LogP contribution in [0.5, 0.6) is 0 Å². The molecule has 0 amide bonds. The van der Waals surface area contributed by atoms with E-state index in [1.165, 1.54) is 6.92 Å². The molecule has 0 radical (unpaired) electrons. The third-order valence-corrected chi connectivity index (χ3v) is 2.69. The normalized spacial score (nSPS) is 19.0. The molecule has 1 aliphatic rings. The van der Waals surface area contributed by atoms with Crippen molar-refractivity contribution in [3.05, 3.63) is 35.4 Å². The molecule has 0 aromatic heterocycles. The van der Waals surface area contributed by atoms with Gasteiger partial charge in [-0.1, -0.05) is 12.1 Å². The van der Waals surface area contributed by atoms with E-state index < -0.39 is 0 Å². The number of hydrogen-bond acceptors (Lipinski definition) is 4. The lowest BCUT2D eigenvalue weighted by Gasteiger charge is -2.09. The molecule has 0 N–H and O–H groups in total. The summed E-state index contributed by atoms with van der Waals surface area (Å²) in [5.41, 5.74) is 1.05. The van der Waals surface area contributed by atoms with Crippen LogP contribution in [0.4, 0.5) is 0 Å². The van der Waals surface area contributed by atoms with Gasteiger partial charge in [0.15, 0.2) is 5.78 Å². The number of benzene rings is 1. The van der Waals surface area contributed by atoms with Crippen molar-refractivity contribution in [2.45, 2.75) is 19.4 Å². The van der Waals surface area contributed by atoms with Crippen molar-refractivity contribution in [2.24, 2.45) is 0 Å². The molecule has 1 saturated heterocycles. The fourth-order valence-electron chi connectivity index (χ4n) is 1.67. The molecule has 1 heterocycles. The van der Waals surface area contributed by atoms with E-state index in [4.69, 9.17) is 9.47 Å². The molecule has 4 nitrogen and oxygen atoms in total. The average Bonchev–Trinajstić information content (AvgIpc) is 2.82. The molecular formula is C13H14O4. The maximum Gasteiger partial charge on any atom is 0.338 e. The number of carbonyl (C=O) groups excluding carboxylic acids is 2. The van der Waals surface area contributed by atoms with Crippen LogP contribution in [0.1, 0.15) is 34.1 Å². The van der Waals surface area contributed by atoms with Gasteiger partial charge in [-0.05, 0) is 19.1 Å². The highest BCUT2D eigenvalue weighted by Gasteiger charge is 2.20. The van der Waals surface area contributed by atoms with E-state index in [9.17, 15) is 9.59 Å². The maximum atomic E-state index is 11.7. The summed E-state index contributed by atoms with van der Waals surface area (Å²) in [4.78, 5) is 22.8. The Kier molecular flexibility index (Phi) is 3.54. The van der Waals surface area contributed by atoms with Crippen LogP contribution >= 0.6 is 0 Å². The van der Waals surface area contributed by atoms with Gasteiger partial charge < -0.3 is 9.47 Å². The molecule has 90 valence electrons. The molecule has 0 bridgehead atoms. The van der Waals surface area contributed by atoms with E-state index in [2.05, 4.69) is 0 Å². The van der Waals surface area contributed by atoms with Gasteiger partial charge in [0.1, 0.15) is 6.10 Å². The molecule has 0 spiro atoms. The highest BCUT2D eigenvalue weighted by atomic mass is 16.6. The van der Waals surface area contributed by atoms with Crippen LogP contribution in [0.25, 0.3) is 0 Å². The summed E-state index contributed by atoms with van der Waals surface area (Å²) in [5.74, 6) is -0.385. The Morgan fingerprint density at radius 1 is 1.24 bits per heavy atom. The molecule has 1 aliphatic heterocycles. The summed E-state index contributed by atoms with van der Waals surface area (Å²) in [6, 6.07) is 6.47. The van der Waals surface area contributed by atoms with Crippen molar-refractivity contribution in [3.63, 3.8) is 0 Å². The maximum absolute atomic E-state index is 11.7. The minimum atomic E-state index is -0.365. The van der Waals surface area contributed by atoms with Gasteiger partial charge in [-0.25, -0.2) is 4.79 Å². The Morgan fingerprint density at radius 3 is 2.41 bits per heavy atom. The average molecular weight is 234 g/mol. The number of carbonyl (C=O) groups is 2. The van der Waals surface area contributed by atoms with E-state index in [0.29, 0.717) is 24.3 Å². The number of esters is 1. The van der Waals surface area contributed by atoms with Gasteiger partial charge in [0.25, 0.3) is 0 Å². The van der Waals surface area contributed by atoms with Crippen LogP contribution in [0.3, 0.4) is 0 Å². The largest absolute Gasteiger partial charge is 0.456 e. The lowest BCUT2D eigenvalue weighted by atomic mass is 10.1. The van der Waals surface area contributed by atoms with E-state index in [1.807, 2.05) is 0 Å². The van der Waals surface area contributed by atoms with Gasteiger partial charge in [-0.15, -0.1) is 0 Å². The van der Waals surface area contributed by atoms with Crippen molar-refractivity contribution >= 4 is 11.8 Å². The summed E-state index contributed by atoms with van der Waals surface area (Å²) in [6.45, 7) is 2.60. The number of rotatable bonds is 3. The molecule has 2 rings (SSSR count). The number of ketones is 1. The monoisotopic (exact) mass is 234 g/mol. The first kappa shape index (κ1) is 11.8. The van der Waals surface area contributed by atoms with Crippen molar-refractivity contribution in [3.8, 4) is 0 Å². The quantitative estimate of drug-likeness (QED) is 0.591. The van der Waals surface area contributed by atoms with Crippen LogP contribution in [0.15, 0.2) is 24.3 Å². The van der Waals surface area contributed by atoms with Gasteiger partial charge >= 0.3 is 5.97 Å². The van der Waals surface area contributed by atoms with E-state index in [1.54, 1.807) is 24.3 Å². The van der Waals surface area contributed by atoms with Crippen LogP contribution < -0.4 is 0 Å². The highest BCUT2D eigenvalue weighted by molar-refractivity contribution is 5.96. The van der Waals surface area contributed by atoms with Crippen LogP contribution in [0, 0.1) is 0 Å². The lowest BCUT2D eigenvalue weighted by Crippen LogP contribution is -2.18. The summed E-state index contributed by atoms with van der Waals surface area (Å²) in [7, 11) is 0. The molecule has 1 unspecified atom stereocenters. The highest BCUT2D eigenvalue weighted by Crippen LogP contribution is 2.12. The Morgan fingerprint density at radius 2 is 1.88 bits per heavy atom.